The van der Waals surface area contributed by atoms with E-state index in [1.54, 1.807) is 54.6 Å². The minimum atomic E-state index is -4.21. The lowest BCUT2D eigenvalue weighted by atomic mass is 10.1. The molecule has 8 nitrogen and oxygen atoms in total. The van der Waals surface area contributed by atoms with E-state index in [2.05, 4.69) is 0 Å². The van der Waals surface area contributed by atoms with E-state index in [0.717, 1.165) is 34.1 Å². The second kappa shape index (κ2) is 8.64. The molecule has 0 unspecified atom stereocenters. The van der Waals surface area contributed by atoms with Gasteiger partial charge < -0.3 is 4.74 Å². The fourth-order valence-corrected chi connectivity index (χ4v) is 4.81. The first-order valence-corrected chi connectivity index (χ1v) is 11.1. The van der Waals surface area contributed by atoms with Gasteiger partial charge in [-0.05, 0) is 17.7 Å². The van der Waals surface area contributed by atoms with Crippen molar-refractivity contribution in [1.82, 2.24) is 4.31 Å². The molecule has 9 heteroatoms. The summed E-state index contributed by atoms with van der Waals surface area (Å²) in [4.78, 5) is 23.1. The van der Waals surface area contributed by atoms with Gasteiger partial charge in [0, 0.05) is 24.1 Å². The predicted molar refractivity (Wildman–Crippen MR) is 117 cm³/mol. The predicted octanol–water partition coefficient (Wildman–Crippen LogP) is 3.75. The van der Waals surface area contributed by atoms with E-state index >= 15 is 0 Å². The third-order valence-corrected chi connectivity index (χ3v) is 6.77. The van der Waals surface area contributed by atoms with Crippen LogP contribution in [-0.4, -0.2) is 29.7 Å². The van der Waals surface area contributed by atoms with Crippen LogP contribution in [0, 0.1) is 10.1 Å². The molecule has 162 valence electrons. The molecule has 0 aliphatic carbocycles. The molecule has 4 rings (SSSR count). The molecular weight excluding hydrogens is 432 g/mol. The molecule has 0 saturated heterocycles. The monoisotopic (exact) mass is 450 g/mol. The van der Waals surface area contributed by atoms with E-state index in [0.29, 0.717) is 5.56 Å². The Balaban J connectivity index is 1.79. The van der Waals surface area contributed by atoms with E-state index in [-0.39, 0.29) is 22.8 Å². The lowest BCUT2D eigenvalue weighted by Gasteiger charge is -2.33. The highest BCUT2D eigenvalue weighted by molar-refractivity contribution is 7.89. The number of carbonyl (C=O) groups is 1. The van der Waals surface area contributed by atoms with Gasteiger partial charge in [-0.3, -0.25) is 14.4 Å². The molecule has 1 heterocycles. The Morgan fingerprint density at radius 1 is 0.906 bits per heavy atom. The number of non-ortho nitro benzene ring substituents is 1. The van der Waals surface area contributed by atoms with Crippen molar-refractivity contribution in [3.63, 3.8) is 0 Å². The largest absolute Gasteiger partial charge is 0.423 e. The number of nitro groups is 1. The van der Waals surface area contributed by atoms with Gasteiger partial charge in [-0.15, -0.1) is 0 Å². The normalized spacial score (nSPS) is 16.2. The Morgan fingerprint density at radius 2 is 1.50 bits per heavy atom. The molecular formula is C23H18N2O6S. The van der Waals surface area contributed by atoms with Gasteiger partial charge in [0.2, 0.25) is 0 Å². The molecule has 3 aromatic rings. The van der Waals surface area contributed by atoms with Crippen LogP contribution in [0.2, 0.25) is 0 Å². The maximum atomic E-state index is 13.5. The molecule has 0 amide bonds. The summed E-state index contributed by atoms with van der Waals surface area (Å²) in [6.07, 6.45) is 1.39. The fraction of sp³-hybridized carbons (Fsp3) is 0.0870. The van der Waals surface area contributed by atoms with E-state index in [1.807, 2.05) is 6.07 Å². The highest BCUT2D eigenvalue weighted by Gasteiger charge is 2.39. The quantitative estimate of drug-likeness (QED) is 0.322. The number of nitro benzene ring substituents is 1. The third kappa shape index (κ3) is 4.23. The maximum absolute atomic E-state index is 13.5. The standard InChI is InChI=1S/C23H18N2O6S/c26-23-21(15-17-7-3-1-4-8-17)24(16-22(31-23)18-9-5-2-6-10-18)32(29,30)20-13-11-19(12-14-20)25(27)28/h1-14,16,21H,15H2/t21-/m0/s1. The van der Waals surface area contributed by atoms with Crippen LogP contribution in [0.3, 0.4) is 0 Å². The van der Waals surface area contributed by atoms with Crippen molar-refractivity contribution in [2.45, 2.75) is 17.4 Å². The number of nitrogens with zero attached hydrogens (tertiary/aromatic N) is 2. The number of hydrogen-bond acceptors (Lipinski definition) is 6. The Kier molecular flexibility index (Phi) is 5.74. The summed E-state index contributed by atoms with van der Waals surface area (Å²) in [6, 6.07) is 21.1. The van der Waals surface area contributed by atoms with Crippen molar-refractivity contribution in [3.8, 4) is 0 Å². The van der Waals surface area contributed by atoms with E-state index in [4.69, 9.17) is 4.74 Å². The molecule has 0 N–H and O–H groups in total. The highest BCUT2D eigenvalue weighted by Crippen LogP contribution is 2.31. The Labute approximate surface area is 184 Å². The zero-order chi connectivity index (χ0) is 22.7. The fourth-order valence-electron chi connectivity index (χ4n) is 3.36. The molecule has 1 aliphatic heterocycles. The molecule has 0 saturated carbocycles. The number of carbonyl (C=O) groups excluding carboxylic acids is 1. The van der Waals surface area contributed by atoms with Crippen LogP contribution in [0.1, 0.15) is 11.1 Å². The first-order valence-electron chi connectivity index (χ1n) is 9.67. The number of rotatable bonds is 6. The molecule has 1 aliphatic rings. The Hall–Kier alpha value is -3.98. The SMILES string of the molecule is O=C1OC(c2ccccc2)=CN(S(=O)(=O)c2ccc([N+](=O)[O-])cc2)[C@H]1Cc1ccccc1. The summed E-state index contributed by atoms with van der Waals surface area (Å²) < 4.78 is 33.5. The number of esters is 1. The lowest BCUT2D eigenvalue weighted by molar-refractivity contribution is -0.384. The second-order valence-corrected chi connectivity index (χ2v) is 8.92. The van der Waals surface area contributed by atoms with Crippen LogP contribution >= 0.6 is 0 Å². The Bertz CT molecular complexity index is 1270. The van der Waals surface area contributed by atoms with Crippen molar-refractivity contribution in [3.05, 3.63) is 112 Å². The van der Waals surface area contributed by atoms with Gasteiger partial charge in [-0.25, -0.2) is 13.2 Å². The summed E-state index contributed by atoms with van der Waals surface area (Å²) in [5.74, 6) is -0.605. The number of benzene rings is 3. The van der Waals surface area contributed by atoms with Gasteiger partial charge in [0.25, 0.3) is 15.7 Å². The molecule has 0 fully saturated rings. The van der Waals surface area contributed by atoms with E-state index in [9.17, 15) is 23.3 Å². The van der Waals surface area contributed by atoms with Gasteiger partial charge in [0.05, 0.1) is 16.0 Å². The molecule has 1 atom stereocenters. The minimum absolute atomic E-state index is 0.102. The van der Waals surface area contributed by atoms with Crippen LogP contribution in [0.25, 0.3) is 5.76 Å². The number of sulfonamides is 1. The summed E-state index contributed by atoms with van der Waals surface area (Å²) in [5, 5.41) is 10.9. The summed E-state index contributed by atoms with van der Waals surface area (Å²) >= 11 is 0. The van der Waals surface area contributed by atoms with Gasteiger partial charge in [-0.2, -0.15) is 0 Å². The topological polar surface area (TPSA) is 107 Å². The van der Waals surface area contributed by atoms with Crippen molar-refractivity contribution < 1.29 is 22.9 Å². The zero-order valence-electron chi connectivity index (χ0n) is 16.7. The number of ether oxygens (including phenoxy) is 1. The summed E-state index contributed by atoms with van der Waals surface area (Å²) in [5.41, 5.74) is 1.07. The molecule has 0 aromatic heterocycles. The van der Waals surface area contributed by atoms with Crippen molar-refractivity contribution in [2.75, 3.05) is 0 Å². The van der Waals surface area contributed by atoms with Crippen LogP contribution < -0.4 is 0 Å². The van der Waals surface area contributed by atoms with Gasteiger partial charge in [-0.1, -0.05) is 60.7 Å². The van der Waals surface area contributed by atoms with E-state index < -0.39 is 27.0 Å². The van der Waals surface area contributed by atoms with Crippen LogP contribution in [0.15, 0.2) is 96.0 Å². The average molecular weight is 450 g/mol. The average Bonchev–Trinajstić information content (AvgIpc) is 2.81. The van der Waals surface area contributed by atoms with Gasteiger partial charge >= 0.3 is 5.97 Å². The van der Waals surface area contributed by atoms with E-state index in [1.165, 1.54) is 6.20 Å². The molecule has 0 spiro atoms. The molecule has 3 aromatic carbocycles. The zero-order valence-corrected chi connectivity index (χ0v) is 17.5. The lowest BCUT2D eigenvalue weighted by Crippen LogP contribution is -2.46. The van der Waals surface area contributed by atoms with Gasteiger partial charge in [0.15, 0.2) is 5.76 Å². The van der Waals surface area contributed by atoms with Crippen molar-refractivity contribution in [1.29, 1.82) is 0 Å². The first-order chi connectivity index (χ1) is 15.4. The van der Waals surface area contributed by atoms with Crippen LogP contribution in [0.5, 0.6) is 0 Å². The molecule has 0 bridgehead atoms. The van der Waals surface area contributed by atoms with Gasteiger partial charge in [0.1, 0.15) is 6.04 Å². The van der Waals surface area contributed by atoms with Crippen molar-refractivity contribution in [2.24, 2.45) is 0 Å². The summed E-state index contributed by atoms with van der Waals surface area (Å²) in [7, 11) is -4.21. The highest BCUT2D eigenvalue weighted by atomic mass is 32.2. The first kappa shape index (κ1) is 21.3. The number of hydrogen-bond donors (Lipinski definition) is 0. The summed E-state index contributed by atoms with van der Waals surface area (Å²) in [6.45, 7) is 0. The smallest absolute Gasteiger partial charge is 0.335 e. The number of cyclic esters (lactones) is 1. The second-order valence-electron chi connectivity index (χ2n) is 7.07. The van der Waals surface area contributed by atoms with Crippen LogP contribution in [0.4, 0.5) is 5.69 Å². The maximum Gasteiger partial charge on any atom is 0.335 e. The molecule has 0 radical (unpaired) electrons. The molecule has 32 heavy (non-hydrogen) atoms. The Morgan fingerprint density at radius 3 is 2.09 bits per heavy atom. The van der Waals surface area contributed by atoms with Crippen LogP contribution in [-0.2, 0) is 26.0 Å². The van der Waals surface area contributed by atoms with Crippen molar-refractivity contribution >= 4 is 27.4 Å². The minimum Gasteiger partial charge on any atom is -0.423 e. The third-order valence-electron chi connectivity index (χ3n) is 4.99.